The van der Waals surface area contributed by atoms with Crippen molar-refractivity contribution >= 4 is 0 Å². The third kappa shape index (κ3) is 5.02. The van der Waals surface area contributed by atoms with Crippen LogP contribution in [0.15, 0.2) is 60.2 Å². The summed E-state index contributed by atoms with van der Waals surface area (Å²) in [5.41, 5.74) is 7.06. The molecule has 4 aliphatic carbocycles. The quantitative estimate of drug-likeness (QED) is 0.316. The first-order valence-electron chi connectivity index (χ1n) is 17.0. The van der Waals surface area contributed by atoms with Crippen LogP contribution in [0, 0.1) is 57.7 Å². The highest BCUT2D eigenvalue weighted by atomic mass is 14.6. The Morgan fingerprint density at radius 2 is 1.68 bits per heavy atom. The van der Waals surface area contributed by atoms with E-state index in [2.05, 4.69) is 95.3 Å². The summed E-state index contributed by atoms with van der Waals surface area (Å²) in [5, 5.41) is 10.3. The van der Waals surface area contributed by atoms with Crippen molar-refractivity contribution in [1.29, 1.82) is 5.26 Å². The molecule has 218 valence electrons. The van der Waals surface area contributed by atoms with Crippen molar-refractivity contribution in [3.05, 3.63) is 71.3 Å². The fraction of sp³-hybridized carbons (Fsp3) is 0.625. The molecular formula is C40H53N. The SMILES string of the molecule is CC(C)CCC[C@@H](C)[C@H]1CCC2C3CC=C4CC(c5cccc(-c6ccccc6)c5C#N)CC[C@]4(C)C3CC[C@@]21C. The van der Waals surface area contributed by atoms with Gasteiger partial charge in [-0.25, -0.2) is 0 Å². The van der Waals surface area contributed by atoms with Crippen LogP contribution >= 0.6 is 0 Å². The summed E-state index contributed by atoms with van der Waals surface area (Å²) in [5.74, 6) is 5.74. The highest BCUT2D eigenvalue weighted by Crippen LogP contribution is 2.68. The molecule has 0 aliphatic heterocycles. The van der Waals surface area contributed by atoms with Crippen LogP contribution in [0.4, 0.5) is 0 Å². The summed E-state index contributed by atoms with van der Waals surface area (Å²) in [7, 11) is 0. The van der Waals surface area contributed by atoms with Gasteiger partial charge in [0, 0.05) is 0 Å². The molecule has 1 heteroatoms. The summed E-state index contributed by atoms with van der Waals surface area (Å²) in [4.78, 5) is 0. The Labute approximate surface area is 250 Å². The number of benzene rings is 2. The van der Waals surface area contributed by atoms with Crippen LogP contribution in [-0.2, 0) is 0 Å². The first kappa shape index (κ1) is 28.8. The van der Waals surface area contributed by atoms with Crippen LogP contribution in [0.2, 0.25) is 0 Å². The minimum absolute atomic E-state index is 0.353. The van der Waals surface area contributed by atoms with E-state index >= 15 is 0 Å². The van der Waals surface area contributed by atoms with Crippen LogP contribution in [-0.4, -0.2) is 0 Å². The van der Waals surface area contributed by atoms with E-state index in [0.29, 0.717) is 16.7 Å². The number of hydrogen-bond donors (Lipinski definition) is 0. The van der Waals surface area contributed by atoms with Gasteiger partial charge in [-0.05, 0) is 120 Å². The predicted molar refractivity (Wildman–Crippen MR) is 172 cm³/mol. The molecule has 0 aromatic heterocycles. The normalized spacial score (nSPS) is 35.1. The van der Waals surface area contributed by atoms with E-state index in [0.717, 1.165) is 58.6 Å². The van der Waals surface area contributed by atoms with Gasteiger partial charge in [0.2, 0.25) is 0 Å². The lowest BCUT2D eigenvalue weighted by atomic mass is 9.46. The molecule has 0 spiro atoms. The molecule has 0 bridgehead atoms. The van der Waals surface area contributed by atoms with E-state index in [1.165, 1.54) is 69.8 Å². The zero-order chi connectivity index (χ0) is 28.8. The lowest BCUT2D eigenvalue weighted by Gasteiger charge is -2.58. The molecule has 0 saturated heterocycles. The zero-order valence-corrected chi connectivity index (χ0v) is 26.5. The molecule has 1 nitrogen and oxygen atoms in total. The monoisotopic (exact) mass is 547 g/mol. The van der Waals surface area contributed by atoms with E-state index in [9.17, 15) is 5.26 Å². The summed E-state index contributed by atoms with van der Waals surface area (Å²) in [6.45, 7) is 12.7. The minimum Gasteiger partial charge on any atom is -0.192 e. The first-order valence-corrected chi connectivity index (χ1v) is 17.0. The van der Waals surface area contributed by atoms with Crippen LogP contribution < -0.4 is 0 Å². The maximum Gasteiger partial charge on any atom is 0.100 e. The van der Waals surface area contributed by atoms with Crippen molar-refractivity contribution in [3.63, 3.8) is 0 Å². The van der Waals surface area contributed by atoms with Crippen LogP contribution in [0.3, 0.4) is 0 Å². The van der Waals surface area contributed by atoms with Crippen molar-refractivity contribution < 1.29 is 0 Å². The van der Waals surface area contributed by atoms with Gasteiger partial charge in [-0.2, -0.15) is 5.26 Å². The lowest BCUT2D eigenvalue weighted by Crippen LogP contribution is -2.50. The molecule has 4 unspecified atom stereocenters. The van der Waals surface area contributed by atoms with E-state index in [4.69, 9.17) is 0 Å². The minimum atomic E-state index is 0.353. The Balaban J connectivity index is 1.21. The molecule has 2 aromatic carbocycles. The number of hydrogen-bond acceptors (Lipinski definition) is 1. The Hall–Kier alpha value is -2.33. The number of nitriles is 1. The first-order chi connectivity index (χ1) is 19.8. The molecule has 0 radical (unpaired) electrons. The van der Waals surface area contributed by atoms with E-state index in [-0.39, 0.29) is 0 Å². The van der Waals surface area contributed by atoms with Gasteiger partial charge < -0.3 is 0 Å². The molecule has 41 heavy (non-hydrogen) atoms. The Morgan fingerprint density at radius 1 is 0.878 bits per heavy atom. The highest BCUT2D eigenvalue weighted by molar-refractivity contribution is 5.72. The van der Waals surface area contributed by atoms with Crippen molar-refractivity contribution in [3.8, 4) is 17.2 Å². The van der Waals surface area contributed by atoms with Gasteiger partial charge in [-0.3, -0.25) is 0 Å². The number of allylic oxidation sites excluding steroid dienone is 2. The fourth-order valence-electron chi connectivity index (χ4n) is 10.8. The van der Waals surface area contributed by atoms with Crippen molar-refractivity contribution in [2.75, 3.05) is 0 Å². The molecule has 6 rings (SSSR count). The predicted octanol–water partition coefficient (Wildman–Crippen LogP) is 11.4. The molecule has 0 heterocycles. The largest absolute Gasteiger partial charge is 0.192 e. The van der Waals surface area contributed by atoms with Gasteiger partial charge in [0.1, 0.15) is 6.07 Å². The Kier molecular flexibility index (Phi) is 8.00. The third-order valence-electron chi connectivity index (χ3n) is 13.0. The third-order valence-corrected chi connectivity index (χ3v) is 13.0. The van der Waals surface area contributed by atoms with Crippen LogP contribution in [0.25, 0.3) is 11.1 Å². The van der Waals surface area contributed by atoms with E-state index in [1.807, 2.05) is 0 Å². The van der Waals surface area contributed by atoms with Gasteiger partial charge >= 0.3 is 0 Å². The second-order valence-electron chi connectivity index (χ2n) is 15.5. The average Bonchev–Trinajstić information content (AvgIpc) is 3.34. The maximum atomic E-state index is 10.3. The number of fused-ring (bicyclic) bond motifs is 5. The number of rotatable bonds is 7. The van der Waals surface area contributed by atoms with Crippen LogP contribution in [0.1, 0.15) is 122 Å². The van der Waals surface area contributed by atoms with Crippen molar-refractivity contribution in [1.82, 2.24) is 0 Å². The van der Waals surface area contributed by atoms with Gasteiger partial charge in [-0.15, -0.1) is 0 Å². The standard InChI is InChI=1S/C40H53N/c1-27(2)11-9-12-28(3)36-19-20-37-34-18-17-31-25-30(21-23-39(31,4)38(34)22-24-40(36,37)5)33-16-10-15-32(35(33)26-41)29-13-7-6-8-14-29/h6-8,10,13-17,27-28,30,34,36-38H,9,11-12,18-25H2,1-5H3/t28-,30?,34?,36-,37?,38?,39+,40-/m1/s1. The Morgan fingerprint density at radius 3 is 2.44 bits per heavy atom. The topological polar surface area (TPSA) is 23.8 Å². The Bertz CT molecular complexity index is 1300. The average molecular weight is 548 g/mol. The van der Waals surface area contributed by atoms with Crippen LogP contribution in [0.5, 0.6) is 0 Å². The molecule has 0 N–H and O–H groups in total. The van der Waals surface area contributed by atoms with Crippen molar-refractivity contribution in [2.45, 2.75) is 111 Å². The van der Waals surface area contributed by atoms with E-state index < -0.39 is 0 Å². The molecule has 2 aromatic rings. The molecule has 4 aliphatic rings. The molecule has 3 fully saturated rings. The summed E-state index contributed by atoms with van der Waals surface area (Å²) in [6.07, 6.45) is 17.7. The fourth-order valence-corrected chi connectivity index (χ4v) is 10.8. The van der Waals surface area contributed by atoms with Gasteiger partial charge in [0.25, 0.3) is 0 Å². The second kappa shape index (κ2) is 11.4. The van der Waals surface area contributed by atoms with Gasteiger partial charge in [0.15, 0.2) is 0 Å². The summed E-state index contributed by atoms with van der Waals surface area (Å²) in [6, 6.07) is 19.7. The molecule has 8 atom stereocenters. The van der Waals surface area contributed by atoms with E-state index in [1.54, 1.807) is 5.57 Å². The van der Waals surface area contributed by atoms with Crippen molar-refractivity contribution in [2.24, 2.45) is 46.3 Å². The van der Waals surface area contributed by atoms with Gasteiger partial charge in [0.05, 0.1) is 5.56 Å². The molecule has 0 amide bonds. The molecule has 3 saturated carbocycles. The maximum absolute atomic E-state index is 10.3. The summed E-state index contributed by atoms with van der Waals surface area (Å²) < 4.78 is 0. The summed E-state index contributed by atoms with van der Waals surface area (Å²) >= 11 is 0. The van der Waals surface area contributed by atoms with Gasteiger partial charge in [-0.1, -0.05) is 114 Å². The molecular weight excluding hydrogens is 494 g/mol. The lowest BCUT2D eigenvalue weighted by molar-refractivity contribution is -0.0510. The second-order valence-corrected chi connectivity index (χ2v) is 15.5. The highest BCUT2D eigenvalue weighted by Gasteiger charge is 2.59. The smallest absolute Gasteiger partial charge is 0.100 e. The number of nitrogens with zero attached hydrogens (tertiary/aromatic N) is 1. The zero-order valence-electron chi connectivity index (χ0n) is 26.5.